The van der Waals surface area contributed by atoms with Crippen molar-refractivity contribution in [3.63, 3.8) is 0 Å². The second-order valence-corrected chi connectivity index (χ2v) is 27.4. The van der Waals surface area contributed by atoms with Crippen molar-refractivity contribution in [3.05, 3.63) is 65.0 Å². The SMILES string of the molecule is CC1(C)OB(c2ccc([13C]([13CH3])([13CH3])O[Si](C)(C)C)nc2)OC1(C)C.COC1CCC(Nc2nc(-c3ccc([13C](C)([13CH3])[13CH3])nc3)cnc2N[13CH2][13CH]=O)CC1.COC1CCC(Nc2nc(Br)cnc2N[13CH2][13CH]=O)CC1. The van der Waals surface area contributed by atoms with E-state index in [0.717, 1.165) is 92.0 Å². The quantitative estimate of drug-likeness (QED) is 0.0441. The highest BCUT2D eigenvalue weighted by Gasteiger charge is 2.52. The molecule has 4 aromatic rings. The maximum atomic E-state index is 10.8. The fourth-order valence-electron chi connectivity index (χ4n) is 8.59. The van der Waals surface area contributed by atoms with Crippen LogP contribution in [0.25, 0.3) is 11.3 Å². The Morgan fingerprint density at radius 3 is 1.58 bits per heavy atom. The van der Waals surface area contributed by atoms with Gasteiger partial charge in [0.25, 0.3) is 0 Å². The van der Waals surface area contributed by atoms with Gasteiger partial charge in [0.2, 0.25) is 0 Å². The summed E-state index contributed by atoms with van der Waals surface area (Å²) in [5.74, 6) is 2.55. The molecule has 5 heterocycles. The van der Waals surface area contributed by atoms with Gasteiger partial charge in [-0.25, -0.2) is 19.9 Å². The molecule has 17 nitrogen and oxygen atoms in total. The van der Waals surface area contributed by atoms with E-state index in [1.165, 1.54) is 0 Å². The van der Waals surface area contributed by atoms with Crippen molar-refractivity contribution in [2.45, 2.75) is 180 Å². The van der Waals surface area contributed by atoms with E-state index in [9.17, 15) is 9.59 Å². The van der Waals surface area contributed by atoms with E-state index in [2.05, 4.69) is 144 Å². The number of carbonyl (C=O) groups is 2. The number of methoxy groups -OCH3 is 2. The van der Waals surface area contributed by atoms with Crippen molar-refractivity contribution >= 4 is 72.7 Å². The molecule has 72 heavy (non-hydrogen) atoms. The number of nitrogens with one attached hydrogen (secondary N) is 4. The third-order valence-corrected chi connectivity index (χ3v) is 14.7. The summed E-state index contributed by atoms with van der Waals surface area (Å²) in [5, 5.41) is 12.9. The van der Waals surface area contributed by atoms with Gasteiger partial charge in [-0.3, -0.25) is 9.97 Å². The van der Waals surface area contributed by atoms with Crippen molar-refractivity contribution < 1.29 is 32.8 Å². The number of aromatic nitrogens is 6. The molecule has 0 aromatic carbocycles. The van der Waals surface area contributed by atoms with Crippen LogP contribution in [0.5, 0.6) is 0 Å². The van der Waals surface area contributed by atoms with Gasteiger partial charge >= 0.3 is 7.12 Å². The van der Waals surface area contributed by atoms with Gasteiger partial charge in [-0.15, -0.1) is 0 Å². The Kier molecular flexibility index (Phi) is 20.8. The first kappa shape index (κ1) is 58.5. The van der Waals surface area contributed by atoms with Gasteiger partial charge < -0.3 is 54.1 Å². The lowest BCUT2D eigenvalue weighted by atomic mass is 9.80. The number of halogens is 1. The van der Waals surface area contributed by atoms with Gasteiger partial charge in [0, 0.05) is 60.8 Å². The molecule has 2 saturated carbocycles. The Hall–Kier alpha value is -4.44. The zero-order valence-electron chi connectivity index (χ0n) is 45.2. The molecule has 1 aliphatic heterocycles. The van der Waals surface area contributed by atoms with Crippen LogP contribution in [0.15, 0.2) is 53.7 Å². The number of hydrogen-bond acceptors (Lipinski definition) is 17. The first-order valence-corrected chi connectivity index (χ1v) is 29.4. The van der Waals surface area contributed by atoms with Crippen LogP contribution in [0, 0.1) is 0 Å². The number of nitrogens with zero attached hydrogens (tertiary/aromatic N) is 6. The normalized spacial score (nSPS) is 20.7. The van der Waals surface area contributed by atoms with E-state index in [4.69, 9.17) is 28.2 Å². The van der Waals surface area contributed by atoms with Crippen LogP contribution in [0.3, 0.4) is 0 Å². The van der Waals surface area contributed by atoms with Gasteiger partial charge in [-0.1, -0.05) is 26.8 Å². The predicted molar refractivity (Wildman–Crippen MR) is 294 cm³/mol. The van der Waals surface area contributed by atoms with Crippen LogP contribution in [0.2, 0.25) is 19.6 Å². The number of aldehydes is 2. The summed E-state index contributed by atoms with van der Waals surface area (Å²) < 4.78 is 29.9. The Balaban J connectivity index is 0.000000205. The molecule has 0 atom stereocenters. The number of rotatable bonds is 17. The monoisotopic (exact) mass is 1080 g/mol. The van der Waals surface area contributed by atoms with Gasteiger partial charge in [0.15, 0.2) is 31.6 Å². The Labute approximate surface area is 438 Å². The molecule has 0 radical (unpaired) electrons. The second kappa shape index (κ2) is 25.7. The first-order valence-electron chi connectivity index (χ1n) is 25.2. The van der Waals surface area contributed by atoms with Crippen LogP contribution < -0.4 is 26.7 Å². The summed E-state index contributed by atoms with van der Waals surface area (Å²) in [5.41, 5.74) is 3.51. The van der Waals surface area contributed by atoms with Gasteiger partial charge in [-0.05, 0) is 147 Å². The summed E-state index contributed by atoms with van der Waals surface area (Å²) in [6.45, 7) is 25.8. The fourth-order valence-corrected chi connectivity index (χ4v) is 10.5. The standard InChI is InChI=1S/C22H31N5O2.C17H30BNO3Si.C13H19BrN4O2/c1-22(2,3)19-10-5-15(13-24-19)18-14-25-20(23-11-12-28)21(27-18)26-16-6-8-17(29-4)9-7-16;1-15(2,22-23(7,8)9)14-11-10-13(12-19-14)18-20-16(3,4)17(5,6)21-18;1-20-10-4-2-9(3-5-10)17-13-12(15-6-7-19)16-8-11(14)18-13/h5,10,12-14,16-17H,6-9,11H2,1-4H3,(H,23,25)(H,26,27);10-12H,1-9H3;7-10H,2-6H2,1H3,(H,15,16)(H,17,18)/i1+1,2+1,11+1,12+1,22+1;1+1,2+1,15+1;6+1,7+1. The van der Waals surface area contributed by atoms with E-state index in [1.54, 1.807) is 26.6 Å². The molecule has 0 amide bonds. The minimum Gasteiger partial charge on any atom is -0.407 e. The third kappa shape index (κ3) is 17.1. The lowest BCUT2D eigenvalue weighted by Crippen LogP contribution is -2.41. The number of anilines is 4. The molecule has 2 aliphatic carbocycles. The molecule has 7 rings (SSSR count). The zero-order chi connectivity index (χ0) is 52.9. The summed E-state index contributed by atoms with van der Waals surface area (Å²) in [6.07, 6.45) is 17.6. The van der Waals surface area contributed by atoms with E-state index < -0.39 is 8.32 Å². The lowest BCUT2D eigenvalue weighted by molar-refractivity contribution is -0.107. The Morgan fingerprint density at radius 2 is 1.15 bits per heavy atom. The second-order valence-electron chi connectivity index (χ2n) is 22.1. The Morgan fingerprint density at radius 1 is 0.667 bits per heavy atom. The van der Waals surface area contributed by atoms with Crippen molar-refractivity contribution in [2.24, 2.45) is 0 Å². The fraction of sp³-hybridized carbons (Fsp3) is 0.615. The molecule has 20 heteroatoms. The molecular weight excluding hydrogens is 1010 g/mol. The molecule has 3 fully saturated rings. The first-order chi connectivity index (χ1) is 33.9. The van der Waals surface area contributed by atoms with Crippen molar-refractivity contribution in [2.75, 3.05) is 48.6 Å². The van der Waals surface area contributed by atoms with Crippen LogP contribution in [-0.2, 0) is 43.8 Å². The highest BCUT2D eigenvalue weighted by atomic mass is 79.9. The van der Waals surface area contributed by atoms with Crippen LogP contribution >= 0.6 is 15.9 Å². The molecule has 4 N–H and O–H groups in total. The topological polar surface area (TPSA) is 206 Å². The minimum atomic E-state index is -1.64. The largest absolute Gasteiger partial charge is 0.496 e. The number of pyridine rings is 2. The van der Waals surface area contributed by atoms with Gasteiger partial charge in [0.1, 0.15) is 17.2 Å². The molecule has 1 saturated heterocycles. The van der Waals surface area contributed by atoms with Crippen molar-refractivity contribution in [3.8, 4) is 11.3 Å². The zero-order valence-corrected chi connectivity index (χ0v) is 47.7. The van der Waals surface area contributed by atoms with E-state index >= 15 is 0 Å². The molecule has 3 aliphatic rings. The van der Waals surface area contributed by atoms with Crippen molar-refractivity contribution in [1.82, 2.24) is 29.9 Å². The summed E-state index contributed by atoms with van der Waals surface area (Å²) in [7, 11) is 1.52. The smallest absolute Gasteiger partial charge is 0.407 e. The van der Waals surface area contributed by atoms with Crippen molar-refractivity contribution in [1.29, 1.82) is 0 Å². The lowest BCUT2D eigenvalue weighted by Gasteiger charge is -2.32. The van der Waals surface area contributed by atoms with Gasteiger partial charge in [0.05, 0.1) is 65.9 Å². The van der Waals surface area contributed by atoms with Crippen LogP contribution in [-0.4, -0.2) is 121 Å². The number of ether oxygens (including phenoxy) is 2. The molecule has 0 unspecified atom stereocenters. The molecule has 394 valence electrons. The summed E-state index contributed by atoms with van der Waals surface area (Å²) in [4.78, 5) is 48.4. The van der Waals surface area contributed by atoms with Gasteiger partial charge in [-0.2, -0.15) is 0 Å². The number of hydrogen-bond donors (Lipinski definition) is 4. The molecular formula is C52H80BBrN10O7Si. The highest BCUT2D eigenvalue weighted by molar-refractivity contribution is 9.10. The molecule has 0 bridgehead atoms. The molecule has 4 aromatic heterocycles. The Bertz CT molecular complexity index is 2320. The maximum absolute atomic E-state index is 10.8. The third-order valence-electron chi connectivity index (χ3n) is 13.2. The van der Waals surface area contributed by atoms with E-state index in [1.807, 2.05) is 36.7 Å². The molecule has 0 spiro atoms. The minimum absolute atomic E-state index is 0.000572. The number of carbonyl (C=O) groups excluding carboxylic acids is 2. The maximum Gasteiger partial charge on any atom is 0.496 e. The summed E-state index contributed by atoms with van der Waals surface area (Å²) in [6, 6.07) is 8.78. The van der Waals surface area contributed by atoms with Crippen LogP contribution in [0.1, 0.15) is 125 Å². The summed E-state index contributed by atoms with van der Waals surface area (Å²) >= 11 is 3.32. The van der Waals surface area contributed by atoms with Crippen LogP contribution in [0.4, 0.5) is 23.3 Å². The van der Waals surface area contributed by atoms with E-state index in [-0.39, 0.29) is 42.4 Å². The van der Waals surface area contributed by atoms with E-state index in [0.29, 0.717) is 52.2 Å². The average molecular weight is 1090 g/mol. The highest BCUT2D eigenvalue weighted by Crippen LogP contribution is 2.37. The predicted octanol–water partition coefficient (Wildman–Crippen LogP) is 9.50. The average Bonchev–Trinajstić information content (AvgIpc) is 3.56.